The maximum Gasteiger partial charge on any atom is 0.305 e. The number of esters is 1. The van der Waals surface area contributed by atoms with Crippen molar-refractivity contribution in [2.75, 3.05) is 13.2 Å². The lowest BCUT2D eigenvalue weighted by Gasteiger charge is -2.10. The Morgan fingerprint density at radius 3 is 2.02 bits per heavy atom. The number of benzene rings is 1. The molecule has 0 unspecified atom stereocenters. The molecule has 0 aliphatic carbocycles. The Kier molecular flexibility index (Phi) is 20.7. The van der Waals surface area contributed by atoms with Gasteiger partial charge in [-0.2, -0.15) is 0 Å². The highest BCUT2D eigenvalue weighted by Gasteiger charge is 2.26. The molecule has 1 saturated heterocycles. The Balaban J connectivity index is 0.000000537. The predicted molar refractivity (Wildman–Crippen MR) is 179 cm³/mol. The second-order valence-electron chi connectivity index (χ2n) is 12.6. The van der Waals surface area contributed by atoms with Crippen LogP contribution in [0, 0.1) is 12.8 Å². The van der Waals surface area contributed by atoms with Gasteiger partial charge in [-0.3, -0.25) is 4.79 Å². The smallest absolute Gasteiger partial charge is 0.305 e. The molecule has 1 aliphatic rings. The average Bonchev–Trinajstić information content (AvgIpc) is 3.49. The standard InChI is InChI=1S/C30H52NO3.C7H8O3S/c1-2-3-4-5-6-7-8-9-10-11-12-15-20-28-25-29(33-26-28)27-34-30(32)21-16-13-17-22-31-23-18-14-19-24-31;1-6-2-4-7(5-3-6)11(8,9)10/h14,18-19,23-24,28-29H,2-13,15-17,20-22,25-27H2,1H3;2-5H,1H3,(H,8,9,10)/q+1;/p-1/t28-,29+;/m1./s1. The van der Waals surface area contributed by atoms with E-state index >= 15 is 0 Å². The summed E-state index contributed by atoms with van der Waals surface area (Å²) in [5.41, 5.74) is 0.928. The first kappa shape index (κ1) is 38.9. The van der Waals surface area contributed by atoms with Crippen LogP contribution in [0.15, 0.2) is 59.8 Å². The summed E-state index contributed by atoms with van der Waals surface area (Å²) in [5, 5.41) is 0. The number of ether oxygens (including phenoxy) is 2. The van der Waals surface area contributed by atoms with E-state index in [0.717, 1.165) is 44.4 Å². The summed E-state index contributed by atoms with van der Waals surface area (Å²) >= 11 is 0. The van der Waals surface area contributed by atoms with Gasteiger partial charge >= 0.3 is 5.97 Å². The van der Waals surface area contributed by atoms with Gasteiger partial charge in [0.25, 0.3) is 0 Å². The molecule has 7 nitrogen and oxygen atoms in total. The van der Waals surface area contributed by atoms with Crippen LogP contribution in [0.3, 0.4) is 0 Å². The van der Waals surface area contributed by atoms with E-state index in [9.17, 15) is 17.8 Å². The molecule has 0 radical (unpaired) electrons. The number of aryl methyl sites for hydroxylation is 2. The lowest BCUT2D eigenvalue weighted by Crippen LogP contribution is -2.32. The minimum Gasteiger partial charge on any atom is -0.744 e. The second kappa shape index (κ2) is 24.0. The van der Waals surface area contributed by atoms with Crippen LogP contribution in [-0.4, -0.2) is 38.3 Å². The summed E-state index contributed by atoms with van der Waals surface area (Å²) in [6.45, 7) is 6.39. The van der Waals surface area contributed by atoms with Crippen molar-refractivity contribution in [1.29, 1.82) is 0 Å². The zero-order chi connectivity index (χ0) is 32.6. The topological polar surface area (TPSA) is 96.6 Å². The Morgan fingerprint density at radius 1 is 0.844 bits per heavy atom. The van der Waals surface area contributed by atoms with Crippen molar-refractivity contribution in [3.05, 3.63) is 60.4 Å². The highest BCUT2D eigenvalue weighted by molar-refractivity contribution is 7.85. The zero-order valence-corrected chi connectivity index (χ0v) is 28.8. The first-order chi connectivity index (χ1) is 21.8. The number of carbonyl (C=O) groups is 1. The van der Waals surface area contributed by atoms with E-state index in [-0.39, 0.29) is 17.0 Å². The number of pyridine rings is 1. The number of hydrogen-bond donors (Lipinski definition) is 0. The van der Waals surface area contributed by atoms with E-state index < -0.39 is 10.1 Å². The molecule has 8 heteroatoms. The second-order valence-corrected chi connectivity index (χ2v) is 14.0. The molecular formula is C37H59NO6S. The van der Waals surface area contributed by atoms with Crippen LogP contribution in [0.4, 0.5) is 0 Å². The van der Waals surface area contributed by atoms with Crippen LogP contribution >= 0.6 is 0 Å². The zero-order valence-electron chi connectivity index (χ0n) is 28.0. The molecular weight excluding hydrogens is 586 g/mol. The van der Waals surface area contributed by atoms with Crippen molar-refractivity contribution in [2.24, 2.45) is 5.92 Å². The largest absolute Gasteiger partial charge is 0.744 e. The van der Waals surface area contributed by atoms with Crippen molar-refractivity contribution in [1.82, 2.24) is 0 Å². The Labute approximate surface area is 273 Å². The molecule has 0 N–H and O–H groups in total. The molecule has 2 atom stereocenters. The first-order valence-electron chi connectivity index (χ1n) is 17.5. The summed E-state index contributed by atoms with van der Waals surface area (Å²) in [6.07, 6.45) is 27.0. The number of rotatable bonds is 22. The monoisotopic (exact) mass is 645 g/mol. The van der Waals surface area contributed by atoms with Gasteiger partial charge in [0.2, 0.25) is 0 Å². The summed E-state index contributed by atoms with van der Waals surface area (Å²) in [6, 6.07) is 11.9. The van der Waals surface area contributed by atoms with E-state index in [4.69, 9.17) is 9.47 Å². The fourth-order valence-corrected chi connectivity index (χ4v) is 6.13. The van der Waals surface area contributed by atoms with Crippen molar-refractivity contribution in [3.63, 3.8) is 0 Å². The van der Waals surface area contributed by atoms with Gasteiger partial charge in [-0.25, -0.2) is 13.0 Å². The number of nitrogens with zero attached hydrogens (tertiary/aromatic N) is 1. The van der Waals surface area contributed by atoms with Crippen LogP contribution in [0.5, 0.6) is 0 Å². The van der Waals surface area contributed by atoms with Gasteiger partial charge < -0.3 is 14.0 Å². The highest BCUT2D eigenvalue weighted by atomic mass is 32.2. The van der Waals surface area contributed by atoms with Crippen LogP contribution in [0.25, 0.3) is 0 Å². The summed E-state index contributed by atoms with van der Waals surface area (Å²) in [5.74, 6) is 0.586. The van der Waals surface area contributed by atoms with Crippen molar-refractivity contribution < 1.29 is 31.8 Å². The number of unbranched alkanes of at least 4 members (excludes halogenated alkanes) is 13. The van der Waals surface area contributed by atoms with Gasteiger partial charge in [-0.15, -0.1) is 0 Å². The van der Waals surface area contributed by atoms with Crippen LogP contribution < -0.4 is 4.57 Å². The molecule has 0 bridgehead atoms. The lowest BCUT2D eigenvalue weighted by atomic mass is 9.97. The molecule has 0 spiro atoms. The van der Waals surface area contributed by atoms with E-state index in [2.05, 4.69) is 23.9 Å². The highest BCUT2D eigenvalue weighted by Crippen LogP contribution is 2.25. The van der Waals surface area contributed by atoms with Gasteiger partial charge in [0.05, 0.1) is 17.6 Å². The summed E-state index contributed by atoms with van der Waals surface area (Å²) in [4.78, 5) is 11.9. The number of hydrogen-bond acceptors (Lipinski definition) is 6. The molecule has 45 heavy (non-hydrogen) atoms. The van der Waals surface area contributed by atoms with E-state index in [0.29, 0.717) is 18.9 Å². The summed E-state index contributed by atoms with van der Waals surface area (Å²) in [7, 11) is -4.27. The lowest BCUT2D eigenvalue weighted by molar-refractivity contribution is -0.697. The molecule has 0 amide bonds. The van der Waals surface area contributed by atoms with Crippen molar-refractivity contribution in [2.45, 2.75) is 147 Å². The SMILES string of the molecule is CCCCCCCCCCCCCC[C@H]1CO[C@H](COC(=O)CCCCC[n+]2ccccc2)C1.Cc1ccc(S(=O)(=O)[O-])cc1. The molecule has 1 aliphatic heterocycles. The number of aromatic nitrogens is 1. The molecule has 2 aromatic rings. The maximum atomic E-state index is 12.0. The molecule has 1 aromatic carbocycles. The van der Waals surface area contributed by atoms with Crippen molar-refractivity contribution >= 4 is 16.1 Å². The first-order valence-corrected chi connectivity index (χ1v) is 18.9. The van der Waals surface area contributed by atoms with Crippen LogP contribution in [-0.2, 0) is 30.9 Å². The molecule has 254 valence electrons. The Morgan fingerprint density at radius 2 is 1.42 bits per heavy atom. The van der Waals surface area contributed by atoms with Crippen LogP contribution in [0.2, 0.25) is 0 Å². The third kappa shape index (κ3) is 19.7. The fraction of sp³-hybridized carbons (Fsp3) is 0.676. The molecule has 0 saturated carbocycles. The van der Waals surface area contributed by atoms with Gasteiger partial charge in [0.1, 0.15) is 23.3 Å². The predicted octanol–water partition coefficient (Wildman–Crippen LogP) is 8.47. The van der Waals surface area contributed by atoms with E-state index in [1.807, 2.05) is 25.1 Å². The average molecular weight is 646 g/mol. The van der Waals surface area contributed by atoms with Gasteiger partial charge in [0, 0.05) is 25.0 Å². The van der Waals surface area contributed by atoms with Gasteiger partial charge in [0.15, 0.2) is 12.4 Å². The minimum absolute atomic E-state index is 0.0691. The molecule has 2 heterocycles. The summed E-state index contributed by atoms with van der Waals surface area (Å²) < 4.78 is 44.7. The van der Waals surface area contributed by atoms with E-state index in [1.165, 1.54) is 95.6 Å². The molecule has 1 fully saturated rings. The Hall–Kier alpha value is -2.29. The maximum absolute atomic E-state index is 12.0. The normalized spacial score (nSPS) is 16.2. The quantitative estimate of drug-likeness (QED) is 0.0552. The Bertz CT molecular complexity index is 1120. The molecule has 1 aromatic heterocycles. The van der Waals surface area contributed by atoms with Gasteiger partial charge in [-0.1, -0.05) is 108 Å². The third-order valence-corrected chi connectivity index (χ3v) is 9.29. The molecule has 3 rings (SSSR count). The fourth-order valence-electron chi connectivity index (χ4n) is 5.66. The van der Waals surface area contributed by atoms with Gasteiger partial charge in [-0.05, 0) is 50.7 Å². The van der Waals surface area contributed by atoms with E-state index in [1.54, 1.807) is 12.1 Å². The van der Waals surface area contributed by atoms with Crippen LogP contribution in [0.1, 0.15) is 128 Å². The third-order valence-electron chi connectivity index (χ3n) is 8.44. The number of carbonyl (C=O) groups excluding carboxylic acids is 1. The van der Waals surface area contributed by atoms with Crippen molar-refractivity contribution in [3.8, 4) is 0 Å². The minimum atomic E-state index is -4.27.